The molecule has 1 aliphatic rings. The van der Waals surface area contributed by atoms with Crippen molar-refractivity contribution in [2.45, 2.75) is 103 Å². The Morgan fingerprint density at radius 1 is 0.895 bits per heavy atom. The van der Waals surface area contributed by atoms with Crippen molar-refractivity contribution in [2.24, 2.45) is 5.73 Å². The molecular formula is C42H53Cl2FN6O6. The molecule has 15 heteroatoms. The number of anilines is 1. The van der Waals surface area contributed by atoms with Crippen molar-refractivity contribution in [3.63, 3.8) is 0 Å². The van der Waals surface area contributed by atoms with Gasteiger partial charge in [0.05, 0.1) is 22.6 Å². The third-order valence-corrected chi connectivity index (χ3v) is 11.0. The van der Waals surface area contributed by atoms with Crippen LogP contribution in [0.4, 0.5) is 10.1 Å². The fourth-order valence-electron chi connectivity index (χ4n) is 7.08. The number of unbranched alkanes of at least 4 members (excludes halogenated alkanes) is 1. The fourth-order valence-corrected chi connectivity index (χ4v) is 7.37. The largest absolute Gasteiger partial charge is 0.508 e. The van der Waals surface area contributed by atoms with Gasteiger partial charge in [-0.3, -0.25) is 24.0 Å². The minimum absolute atomic E-state index is 0.0650. The van der Waals surface area contributed by atoms with Gasteiger partial charge in [-0.1, -0.05) is 62.0 Å². The highest BCUT2D eigenvalue weighted by Gasteiger charge is 2.34. The molecule has 0 saturated carbocycles. The normalized spacial score (nSPS) is 14.6. The molecule has 4 rings (SSSR count). The summed E-state index contributed by atoms with van der Waals surface area (Å²) >= 11 is 12.4. The Morgan fingerprint density at radius 2 is 1.54 bits per heavy atom. The van der Waals surface area contributed by atoms with E-state index in [9.17, 15) is 33.5 Å². The number of carbonyl (C=O) groups is 5. The van der Waals surface area contributed by atoms with Crippen LogP contribution >= 0.6 is 23.2 Å². The number of piperidine rings is 1. The number of phenols is 1. The average Bonchev–Trinajstić information content (AvgIpc) is 3.18. The van der Waals surface area contributed by atoms with E-state index in [2.05, 4.69) is 16.0 Å². The lowest BCUT2D eigenvalue weighted by molar-refractivity contribution is -0.137. The predicted molar refractivity (Wildman–Crippen MR) is 220 cm³/mol. The number of likely N-dealkylation sites (tertiary alicyclic amines) is 1. The van der Waals surface area contributed by atoms with E-state index < -0.39 is 48.2 Å². The number of amides is 5. The summed E-state index contributed by atoms with van der Waals surface area (Å²) in [6.07, 6.45) is 3.15. The highest BCUT2D eigenvalue weighted by atomic mass is 35.5. The lowest BCUT2D eigenvalue weighted by Crippen LogP contribution is -2.56. The van der Waals surface area contributed by atoms with Crippen molar-refractivity contribution >= 4 is 58.4 Å². The molecule has 1 aliphatic heterocycles. The third-order valence-electron chi connectivity index (χ3n) is 10.2. The van der Waals surface area contributed by atoms with Gasteiger partial charge >= 0.3 is 0 Å². The molecular weight excluding hydrogens is 774 g/mol. The van der Waals surface area contributed by atoms with E-state index in [1.165, 1.54) is 24.3 Å². The molecule has 308 valence electrons. The second kappa shape index (κ2) is 21.2. The van der Waals surface area contributed by atoms with E-state index in [4.69, 9.17) is 28.9 Å². The Hall–Kier alpha value is -4.72. The molecule has 12 nitrogen and oxygen atoms in total. The number of hydrogen-bond acceptors (Lipinski definition) is 7. The van der Waals surface area contributed by atoms with E-state index in [1.807, 2.05) is 20.8 Å². The summed E-state index contributed by atoms with van der Waals surface area (Å²) in [4.78, 5) is 70.4. The number of nitrogens with two attached hydrogens (primary N) is 1. The Bertz CT molecular complexity index is 1880. The number of rotatable bonds is 17. The van der Waals surface area contributed by atoms with Gasteiger partial charge in [0.15, 0.2) is 0 Å². The molecule has 1 saturated heterocycles. The van der Waals surface area contributed by atoms with Gasteiger partial charge in [-0.15, -0.1) is 0 Å². The van der Waals surface area contributed by atoms with Gasteiger partial charge in [-0.2, -0.15) is 0 Å². The first kappa shape index (κ1) is 45.0. The maximum absolute atomic E-state index is 14.0. The molecule has 0 spiro atoms. The van der Waals surface area contributed by atoms with Crippen molar-refractivity contribution < 1.29 is 33.5 Å². The summed E-state index contributed by atoms with van der Waals surface area (Å²) in [7, 11) is 0. The molecule has 57 heavy (non-hydrogen) atoms. The standard InChI is InChI=1S/C42H53Cl2FN6O6/c1-5-7-8-36(49-40(55)35(46)23-32-25(3)19-31(52)20-26(32)4)41(56)47-24-38(53)48-37(21-27-9-11-28(45)12-10-27)42(57)50-17-15-29(16-18-50)51(39(54)6-2)30-13-14-33(43)34(44)22-30/h9-14,19-20,22,29,35-37,52H,5-8,15-18,21,23-24,46H2,1-4H3,(H,47,56)(H,48,53)(H,49,55)/t35-,36+,37-/m0/s1. The lowest BCUT2D eigenvalue weighted by Gasteiger charge is -2.39. The van der Waals surface area contributed by atoms with Crippen LogP contribution in [0.2, 0.25) is 10.0 Å². The highest BCUT2D eigenvalue weighted by Crippen LogP contribution is 2.31. The molecule has 0 unspecified atom stereocenters. The maximum atomic E-state index is 14.0. The summed E-state index contributed by atoms with van der Waals surface area (Å²) in [5.74, 6) is -2.52. The van der Waals surface area contributed by atoms with Crippen LogP contribution in [0.3, 0.4) is 0 Å². The summed E-state index contributed by atoms with van der Waals surface area (Å²) in [6.45, 7) is 7.50. The molecule has 3 atom stereocenters. The van der Waals surface area contributed by atoms with E-state index >= 15 is 0 Å². The van der Waals surface area contributed by atoms with Crippen molar-refractivity contribution in [1.29, 1.82) is 0 Å². The Kier molecular flexibility index (Phi) is 16.7. The quantitative estimate of drug-likeness (QED) is 0.123. The van der Waals surface area contributed by atoms with Crippen molar-refractivity contribution in [2.75, 3.05) is 24.5 Å². The SMILES string of the molecule is CCCC[C@@H](NC(=O)[C@@H](N)Cc1c(C)cc(O)cc1C)C(=O)NCC(=O)N[C@@H](Cc1ccc(F)cc1)C(=O)N1CCC(N(C(=O)CC)c2ccc(Cl)c(Cl)c2)CC1. The minimum Gasteiger partial charge on any atom is -0.508 e. The zero-order valence-corrected chi connectivity index (χ0v) is 34.4. The number of carbonyl (C=O) groups excluding carboxylic acids is 5. The van der Waals surface area contributed by atoms with E-state index in [0.29, 0.717) is 60.1 Å². The number of aryl methyl sites for hydroxylation is 2. The Morgan fingerprint density at radius 3 is 2.14 bits per heavy atom. The van der Waals surface area contributed by atoms with Gasteiger partial charge in [0.2, 0.25) is 29.5 Å². The van der Waals surface area contributed by atoms with Crippen LogP contribution in [0.1, 0.15) is 74.6 Å². The molecule has 6 N–H and O–H groups in total. The molecule has 3 aromatic carbocycles. The van der Waals surface area contributed by atoms with Crippen LogP contribution in [0.25, 0.3) is 0 Å². The van der Waals surface area contributed by atoms with Crippen LogP contribution in [-0.2, 0) is 36.8 Å². The highest BCUT2D eigenvalue weighted by molar-refractivity contribution is 6.42. The van der Waals surface area contributed by atoms with Gasteiger partial charge in [-0.05, 0) is 104 Å². The number of nitrogens with zero attached hydrogens (tertiary/aromatic N) is 2. The number of aromatic hydroxyl groups is 1. The molecule has 5 amide bonds. The summed E-state index contributed by atoms with van der Waals surface area (Å²) in [5.41, 5.74) is 9.90. The summed E-state index contributed by atoms with van der Waals surface area (Å²) in [6, 6.07) is 10.7. The van der Waals surface area contributed by atoms with Crippen LogP contribution in [0.15, 0.2) is 54.6 Å². The van der Waals surface area contributed by atoms with Gasteiger partial charge in [0, 0.05) is 37.7 Å². The number of nitrogens with one attached hydrogen (secondary N) is 3. The molecule has 0 bridgehead atoms. The Balaban J connectivity index is 1.41. The van der Waals surface area contributed by atoms with Crippen LogP contribution in [0.5, 0.6) is 5.75 Å². The van der Waals surface area contributed by atoms with Crippen LogP contribution in [-0.4, -0.2) is 83.3 Å². The van der Waals surface area contributed by atoms with Gasteiger partial charge in [-0.25, -0.2) is 4.39 Å². The second-order valence-corrected chi connectivity index (χ2v) is 15.3. The maximum Gasteiger partial charge on any atom is 0.245 e. The first-order valence-electron chi connectivity index (χ1n) is 19.3. The van der Waals surface area contributed by atoms with Crippen LogP contribution < -0.4 is 26.6 Å². The first-order valence-corrected chi connectivity index (χ1v) is 20.1. The number of halogens is 3. The van der Waals surface area contributed by atoms with Crippen molar-refractivity contribution in [1.82, 2.24) is 20.9 Å². The Labute approximate surface area is 343 Å². The van der Waals surface area contributed by atoms with Crippen molar-refractivity contribution in [3.05, 3.63) is 92.7 Å². The van der Waals surface area contributed by atoms with E-state index in [0.717, 1.165) is 23.1 Å². The number of hydrogen-bond donors (Lipinski definition) is 5. The smallest absolute Gasteiger partial charge is 0.245 e. The predicted octanol–water partition coefficient (Wildman–Crippen LogP) is 5.28. The average molecular weight is 828 g/mol. The third kappa shape index (κ3) is 12.6. The molecule has 1 heterocycles. The molecule has 0 radical (unpaired) electrons. The molecule has 0 aliphatic carbocycles. The fraction of sp³-hybridized carbons (Fsp3) is 0.452. The number of phenolic OH excluding ortho intramolecular Hbond substituents is 1. The first-order chi connectivity index (χ1) is 27.1. The van der Waals surface area contributed by atoms with Gasteiger partial charge in [0.25, 0.3) is 0 Å². The zero-order chi connectivity index (χ0) is 41.8. The monoisotopic (exact) mass is 826 g/mol. The minimum atomic E-state index is -1.04. The number of benzene rings is 3. The lowest BCUT2D eigenvalue weighted by atomic mass is 9.95. The second-order valence-electron chi connectivity index (χ2n) is 14.5. The molecule has 1 fully saturated rings. The van der Waals surface area contributed by atoms with E-state index in [1.54, 1.807) is 47.1 Å². The zero-order valence-electron chi connectivity index (χ0n) is 32.9. The summed E-state index contributed by atoms with van der Waals surface area (Å²) in [5, 5.41) is 18.7. The van der Waals surface area contributed by atoms with Gasteiger partial charge < -0.3 is 36.6 Å². The summed E-state index contributed by atoms with van der Waals surface area (Å²) < 4.78 is 13.7. The van der Waals surface area contributed by atoms with Gasteiger partial charge in [0.1, 0.15) is 23.7 Å². The molecule has 3 aromatic rings. The topological polar surface area (TPSA) is 174 Å². The van der Waals surface area contributed by atoms with E-state index in [-0.39, 0.29) is 42.9 Å². The van der Waals surface area contributed by atoms with Crippen LogP contribution in [0, 0.1) is 19.7 Å². The molecule has 0 aromatic heterocycles. The van der Waals surface area contributed by atoms with Crippen molar-refractivity contribution in [3.8, 4) is 5.75 Å².